The highest BCUT2D eigenvalue weighted by molar-refractivity contribution is 7.89. The lowest BCUT2D eigenvalue weighted by atomic mass is 10.2. The zero-order valence-electron chi connectivity index (χ0n) is 9.21. The Balaban J connectivity index is 2.75. The van der Waals surface area contributed by atoms with Crippen LogP contribution in [0.2, 0.25) is 0 Å². The molecule has 0 aliphatic carbocycles. The van der Waals surface area contributed by atoms with Gasteiger partial charge in [-0.2, -0.15) is 10.4 Å². The molecule has 7 heteroatoms. The van der Waals surface area contributed by atoms with Crippen molar-refractivity contribution in [1.29, 1.82) is 5.26 Å². The van der Waals surface area contributed by atoms with Crippen molar-refractivity contribution in [3.05, 3.63) is 12.4 Å². The zero-order valence-corrected chi connectivity index (χ0v) is 10.0. The second kappa shape index (κ2) is 5.09. The number of sulfonamides is 1. The Bertz CT molecular complexity index is 486. The van der Waals surface area contributed by atoms with Gasteiger partial charge in [-0.25, -0.2) is 13.1 Å². The lowest BCUT2D eigenvalue weighted by Gasteiger charge is -2.04. The van der Waals surface area contributed by atoms with Crippen LogP contribution in [0.1, 0.15) is 13.8 Å². The SMILES string of the molecule is CCn1cc(S(=O)(=O)NC[C@H](C)C#N)cn1. The lowest BCUT2D eigenvalue weighted by molar-refractivity contribution is 0.572. The maximum atomic E-state index is 11.7. The van der Waals surface area contributed by atoms with Crippen LogP contribution in [0.25, 0.3) is 0 Å². The summed E-state index contributed by atoms with van der Waals surface area (Å²) in [6, 6.07) is 1.96. The minimum atomic E-state index is -3.54. The molecule has 88 valence electrons. The number of rotatable bonds is 5. The van der Waals surface area contributed by atoms with Gasteiger partial charge in [0.2, 0.25) is 10.0 Å². The molecule has 16 heavy (non-hydrogen) atoms. The standard InChI is InChI=1S/C9H14N4O2S/c1-3-13-7-9(6-11-13)16(14,15)12-5-8(2)4-10/h6-8,12H,3,5H2,1-2H3/t8-/m1/s1. The number of aryl methyl sites for hydroxylation is 1. The van der Waals surface area contributed by atoms with Gasteiger partial charge in [0.1, 0.15) is 4.90 Å². The Hall–Kier alpha value is -1.39. The number of nitrogens with zero attached hydrogens (tertiary/aromatic N) is 3. The van der Waals surface area contributed by atoms with E-state index in [1.807, 2.05) is 13.0 Å². The molecule has 0 bridgehead atoms. The highest BCUT2D eigenvalue weighted by atomic mass is 32.2. The molecule has 0 radical (unpaired) electrons. The predicted molar refractivity (Wildman–Crippen MR) is 57.9 cm³/mol. The summed E-state index contributed by atoms with van der Waals surface area (Å²) in [5.41, 5.74) is 0. The molecule has 1 rings (SSSR count). The summed E-state index contributed by atoms with van der Waals surface area (Å²) in [7, 11) is -3.54. The highest BCUT2D eigenvalue weighted by Gasteiger charge is 2.16. The van der Waals surface area contributed by atoms with Crippen molar-refractivity contribution >= 4 is 10.0 Å². The Kier molecular flexibility index (Phi) is 4.04. The molecule has 0 fully saturated rings. The third kappa shape index (κ3) is 3.05. The molecule has 0 aliphatic heterocycles. The van der Waals surface area contributed by atoms with E-state index in [1.165, 1.54) is 17.1 Å². The summed E-state index contributed by atoms with van der Waals surface area (Å²) in [4.78, 5) is 0.125. The molecule has 0 aliphatic rings. The fourth-order valence-electron chi connectivity index (χ4n) is 1.02. The van der Waals surface area contributed by atoms with E-state index in [1.54, 1.807) is 6.92 Å². The molecule has 0 saturated heterocycles. The minimum absolute atomic E-state index is 0.107. The van der Waals surface area contributed by atoms with Crippen LogP contribution in [-0.4, -0.2) is 24.7 Å². The summed E-state index contributed by atoms with van der Waals surface area (Å²) in [5, 5.41) is 12.4. The number of nitriles is 1. The van der Waals surface area contributed by atoms with Gasteiger partial charge in [-0.15, -0.1) is 0 Å². The van der Waals surface area contributed by atoms with E-state index < -0.39 is 10.0 Å². The van der Waals surface area contributed by atoms with Gasteiger partial charge in [0, 0.05) is 19.3 Å². The molecule has 1 N–H and O–H groups in total. The molecule has 1 aromatic rings. The fraction of sp³-hybridized carbons (Fsp3) is 0.556. The lowest BCUT2D eigenvalue weighted by Crippen LogP contribution is -2.27. The molecule has 0 aromatic carbocycles. The van der Waals surface area contributed by atoms with Crippen LogP contribution < -0.4 is 4.72 Å². The van der Waals surface area contributed by atoms with Crippen molar-refractivity contribution in [1.82, 2.24) is 14.5 Å². The first kappa shape index (κ1) is 12.7. The zero-order chi connectivity index (χ0) is 12.2. The molecule has 0 saturated carbocycles. The van der Waals surface area contributed by atoms with Gasteiger partial charge >= 0.3 is 0 Å². The Morgan fingerprint density at radius 2 is 2.38 bits per heavy atom. The summed E-state index contributed by atoms with van der Waals surface area (Å²) in [5.74, 6) is -0.351. The van der Waals surface area contributed by atoms with Crippen molar-refractivity contribution in [2.24, 2.45) is 5.92 Å². The van der Waals surface area contributed by atoms with Gasteiger partial charge in [0.25, 0.3) is 0 Å². The fourth-order valence-corrected chi connectivity index (χ4v) is 2.10. The molecule has 1 heterocycles. The highest BCUT2D eigenvalue weighted by Crippen LogP contribution is 2.07. The largest absolute Gasteiger partial charge is 0.272 e. The second-order valence-electron chi connectivity index (χ2n) is 3.41. The first-order valence-corrected chi connectivity index (χ1v) is 6.39. The van der Waals surface area contributed by atoms with Crippen molar-refractivity contribution in [3.63, 3.8) is 0 Å². The first-order chi connectivity index (χ1) is 7.49. The van der Waals surface area contributed by atoms with Crippen molar-refractivity contribution < 1.29 is 8.42 Å². The molecular weight excluding hydrogens is 228 g/mol. The van der Waals surface area contributed by atoms with Crippen molar-refractivity contribution in [2.75, 3.05) is 6.54 Å². The molecule has 6 nitrogen and oxygen atoms in total. The van der Waals surface area contributed by atoms with Gasteiger partial charge in [-0.1, -0.05) is 0 Å². The third-order valence-electron chi connectivity index (χ3n) is 2.04. The minimum Gasteiger partial charge on any atom is -0.272 e. The maximum Gasteiger partial charge on any atom is 0.243 e. The monoisotopic (exact) mass is 242 g/mol. The predicted octanol–water partition coefficient (Wildman–Crippen LogP) is 0.341. The number of aromatic nitrogens is 2. The van der Waals surface area contributed by atoms with E-state index in [-0.39, 0.29) is 17.4 Å². The van der Waals surface area contributed by atoms with Crippen LogP contribution in [0.15, 0.2) is 17.3 Å². The van der Waals surface area contributed by atoms with Crippen LogP contribution in [-0.2, 0) is 16.6 Å². The summed E-state index contributed by atoms with van der Waals surface area (Å²) >= 11 is 0. The maximum absolute atomic E-state index is 11.7. The van der Waals surface area contributed by atoms with E-state index in [4.69, 9.17) is 5.26 Å². The van der Waals surface area contributed by atoms with Crippen LogP contribution >= 0.6 is 0 Å². The topological polar surface area (TPSA) is 87.8 Å². The summed E-state index contributed by atoms with van der Waals surface area (Å²) in [6.07, 6.45) is 2.75. The summed E-state index contributed by atoms with van der Waals surface area (Å²) < 4.78 is 27.3. The van der Waals surface area contributed by atoms with Crippen LogP contribution in [0, 0.1) is 17.2 Å². The summed E-state index contributed by atoms with van der Waals surface area (Å²) in [6.45, 7) is 4.24. The van der Waals surface area contributed by atoms with Gasteiger partial charge in [-0.3, -0.25) is 4.68 Å². The van der Waals surface area contributed by atoms with E-state index >= 15 is 0 Å². The molecule has 1 atom stereocenters. The molecule has 0 amide bonds. The van der Waals surface area contributed by atoms with Gasteiger partial charge in [-0.05, 0) is 13.8 Å². The second-order valence-corrected chi connectivity index (χ2v) is 5.18. The van der Waals surface area contributed by atoms with E-state index in [2.05, 4.69) is 9.82 Å². The molecule has 0 spiro atoms. The quantitative estimate of drug-likeness (QED) is 0.806. The van der Waals surface area contributed by atoms with Crippen LogP contribution in [0.4, 0.5) is 0 Å². The Morgan fingerprint density at radius 1 is 1.69 bits per heavy atom. The van der Waals surface area contributed by atoms with E-state index in [9.17, 15) is 8.42 Å². The number of nitrogens with one attached hydrogen (secondary N) is 1. The number of hydrogen-bond acceptors (Lipinski definition) is 4. The Morgan fingerprint density at radius 3 is 2.88 bits per heavy atom. The van der Waals surface area contributed by atoms with Crippen molar-refractivity contribution in [2.45, 2.75) is 25.3 Å². The normalized spacial score (nSPS) is 13.3. The smallest absolute Gasteiger partial charge is 0.243 e. The van der Waals surface area contributed by atoms with Crippen LogP contribution in [0.5, 0.6) is 0 Å². The molecular formula is C9H14N4O2S. The van der Waals surface area contributed by atoms with E-state index in [0.717, 1.165) is 0 Å². The molecule has 1 aromatic heterocycles. The molecule has 0 unspecified atom stereocenters. The van der Waals surface area contributed by atoms with Gasteiger partial charge in [0.15, 0.2) is 0 Å². The van der Waals surface area contributed by atoms with Crippen LogP contribution in [0.3, 0.4) is 0 Å². The first-order valence-electron chi connectivity index (χ1n) is 4.91. The third-order valence-corrected chi connectivity index (χ3v) is 3.42. The van der Waals surface area contributed by atoms with Gasteiger partial charge in [0.05, 0.1) is 18.2 Å². The van der Waals surface area contributed by atoms with Gasteiger partial charge < -0.3 is 0 Å². The van der Waals surface area contributed by atoms with Crippen molar-refractivity contribution in [3.8, 4) is 6.07 Å². The number of hydrogen-bond donors (Lipinski definition) is 1. The average molecular weight is 242 g/mol. The Labute approximate surface area is 94.9 Å². The van der Waals surface area contributed by atoms with E-state index in [0.29, 0.717) is 6.54 Å². The average Bonchev–Trinajstić information content (AvgIpc) is 2.75.